The van der Waals surface area contributed by atoms with E-state index < -0.39 is 27.6 Å². The van der Waals surface area contributed by atoms with Crippen LogP contribution in [-0.4, -0.2) is 16.2 Å². The van der Waals surface area contributed by atoms with Crippen LogP contribution in [0.15, 0.2) is 18.3 Å². The van der Waals surface area contributed by atoms with Gasteiger partial charge < -0.3 is 0 Å². The second-order valence-corrected chi connectivity index (χ2v) is 3.19. The first kappa shape index (κ1) is 11.1. The van der Waals surface area contributed by atoms with Crippen molar-refractivity contribution in [2.75, 3.05) is 0 Å². The molecule has 86 valence electrons. The number of benzene rings is 1. The maximum absolute atomic E-state index is 13.5. The summed E-state index contributed by atoms with van der Waals surface area (Å²) in [5.74, 6) is -2.71. The Kier molecular flexibility index (Phi) is 2.51. The molecule has 0 aliphatic heterocycles. The van der Waals surface area contributed by atoms with Gasteiger partial charge in [0, 0.05) is 11.8 Å². The van der Waals surface area contributed by atoms with E-state index in [1.807, 2.05) is 0 Å². The predicted molar refractivity (Wildman–Crippen MR) is 53.7 cm³/mol. The van der Waals surface area contributed by atoms with E-state index in [0.717, 1.165) is 12.3 Å². The van der Waals surface area contributed by atoms with Gasteiger partial charge in [-0.3, -0.25) is 14.9 Å². The Bertz CT molecular complexity index is 643. The van der Waals surface area contributed by atoms with E-state index >= 15 is 0 Å². The first-order valence-electron chi connectivity index (χ1n) is 4.42. The molecule has 0 aliphatic carbocycles. The van der Waals surface area contributed by atoms with E-state index in [1.165, 1.54) is 0 Å². The van der Waals surface area contributed by atoms with Gasteiger partial charge in [-0.25, -0.2) is 13.8 Å². The first-order chi connectivity index (χ1) is 8.06. The molecule has 1 heterocycles. The quantitative estimate of drug-likeness (QED) is 0.456. The van der Waals surface area contributed by atoms with Gasteiger partial charge in [0.2, 0.25) is 0 Å². The molecule has 0 spiro atoms. The van der Waals surface area contributed by atoms with Crippen LogP contribution in [-0.2, 0) is 0 Å². The van der Waals surface area contributed by atoms with Crippen molar-refractivity contribution in [2.24, 2.45) is 0 Å². The first-order valence-corrected chi connectivity index (χ1v) is 4.42. The van der Waals surface area contributed by atoms with Gasteiger partial charge >= 0.3 is 0 Å². The molecule has 0 atom stereocenters. The van der Waals surface area contributed by atoms with E-state index in [4.69, 9.17) is 0 Å². The maximum Gasteiger partial charge on any atom is 0.298 e. The number of hydrogen-bond donors (Lipinski definition) is 0. The molecule has 0 fully saturated rings. The minimum Gasteiger partial charge on any atom is -0.298 e. The fourth-order valence-corrected chi connectivity index (χ4v) is 1.51. The number of carbonyl (C=O) groups excluding carboxylic acids is 1. The number of fused-ring (bicyclic) bond motifs is 1. The molecule has 2 aromatic rings. The zero-order valence-corrected chi connectivity index (χ0v) is 8.18. The zero-order chi connectivity index (χ0) is 12.6. The number of aromatic nitrogens is 1. The zero-order valence-electron chi connectivity index (χ0n) is 8.18. The van der Waals surface area contributed by atoms with Crippen molar-refractivity contribution < 1.29 is 18.5 Å². The lowest BCUT2D eigenvalue weighted by molar-refractivity contribution is -0.383. The molecule has 7 heteroatoms. The average Bonchev–Trinajstić information content (AvgIpc) is 2.32. The minimum atomic E-state index is -1.39. The molecule has 1 aromatic carbocycles. The van der Waals surface area contributed by atoms with Crippen molar-refractivity contribution in [2.45, 2.75) is 0 Å². The number of pyridine rings is 1. The van der Waals surface area contributed by atoms with Gasteiger partial charge in [-0.2, -0.15) is 0 Å². The van der Waals surface area contributed by atoms with Gasteiger partial charge in [-0.1, -0.05) is 0 Å². The van der Waals surface area contributed by atoms with E-state index in [1.54, 1.807) is 0 Å². The van der Waals surface area contributed by atoms with Crippen LogP contribution in [0.1, 0.15) is 10.4 Å². The Morgan fingerprint density at radius 2 is 2.12 bits per heavy atom. The van der Waals surface area contributed by atoms with Crippen LogP contribution in [0.5, 0.6) is 0 Å². The summed E-state index contributed by atoms with van der Waals surface area (Å²) in [6, 6.07) is 1.60. The number of hydrogen-bond acceptors (Lipinski definition) is 4. The summed E-state index contributed by atoms with van der Waals surface area (Å²) in [5.41, 5.74) is -1.21. The molecule has 17 heavy (non-hydrogen) atoms. The second-order valence-electron chi connectivity index (χ2n) is 3.19. The van der Waals surface area contributed by atoms with Gasteiger partial charge in [0.05, 0.1) is 16.4 Å². The lowest BCUT2D eigenvalue weighted by Crippen LogP contribution is -1.99. The number of aldehydes is 1. The molecular formula is C10H4F2N2O3. The Morgan fingerprint density at radius 1 is 1.41 bits per heavy atom. The fourth-order valence-electron chi connectivity index (χ4n) is 1.51. The van der Waals surface area contributed by atoms with E-state index in [-0.39, 0.29) is 17.4 Å². The third kappa shape index (κ3) is 1.61. The standard InChI is InChI=1S/C10H4F2N2O3/c11-6-3-7(14(16)17)10-8(9(6)12)5(4-15)1-2-13-10/h1-4H. The third-order valence-corrected chi connectivity index (χ3v) is 2.24. The number of non-ortho nitro benzene ring substituents is 1. The van der Waals surface area contributed by atoms with Crippen molar-refractivity contribution in [3.8, 4) is 0 Å². The summed E-state index contributed by atoms with van der Waals surface area (Å²) in [5, 5.41) is 10.2. The number of carbonyl (C=O) groups is 1. The Labute approximate surface area is 92.8 Å². The maximum atomic E-state index is 13.5. The smallest absolute Gasteiger partial charge is 0.298 e. The Balaban J connectivity index is 3.03. The van der Waals surface area contributed by atoms with Crippen LogP contribution < -0.4 is 0 Å². The van der Waals surface area contributed by atoms with Crippen molar-refractivity contribution >= 4 is 22.9 Å². The highest BCUT2D eigenvalue weighted by Crippen LogP contribution is 2.29. The van der Waals surface area contributed by atoms with Crippen molar-refractivity contribution in [3.63, 3.8) is 0 Å². The van der Waals surface area contributed by atoms with E-state index in [0.29, 0.717) is 6.07 Å². The van der Waals surface area contributed by atoms with Gasteiger partial charge in [0.15, 0.2) is 23.4 Å². The molecule has 2 rings (SSSR count). The molecule has 5 nitrogen and oxygen atoms in total. The van der Waals surface area contributed by atoms with Crippen LogP contribution in [0, 0.1) is 21.7 Å². The summed E-state index contributed by atoms with van der Waals surface area (Å²) < 4.78 is 26.7. The molecule has 1 aromatic heterocycles. The summed E-state index contributed by atoms with van der Waals surface area (Å²) in [4.78, 5) is 24.1. The number of nitro benzene ring substituents is 1. The lowest BCUT2D eigenvalue weighted by Gasteiger charge is -2.03. The average molecular weight is 238 g/mol. The van der Waals surface area contributed by atoms with Gasteiger partial charge in [0.1, 0.15) is 0 Å². The predicted octanol–water partition coefficient (Wildman–Crippen LogP) is 2.23. The van der Waals surface area contributed by atoms with Crippen molar-refractivity contribution in [3.05, 3.63) is 45.6 Å². The Hall–Kier alpha value is -2.44. The molecule has 0 saturated heterocycles. The number of nitrogens with zero attached hydrogens (tertiary/aromatic N) is 2. The lowest BCUT2D eigenvalue weighted by atomic mass is 10.1. The van der Waals surface area contributed by atoms with Crippen LogP contribution in [0.25, 0.3) is 10.9 Å². The van der Waals surface area contributed by atoms with Gasteiger partial charge in [0.25, 0.3) is 5.69 Å². The largest absolute Gasteiger partial charge is 0.298 e. The SMILES string of the molecule is O=Cc1ccnc2c([N+](=O)[O-])cc(F)c(F)c12. The summed E-state index contributed by atoms with van der Waals surface area (Å²) in [7, 11) is 0. The topological polar surface area (TPSA) is 73.1 Å². The molecule has 0 radical (unpaired) electrons. The number of halogens is 2. The molecule has 0 N–H and O–H groups in total. The molecule has 0 saturated carbocycles. The van der Waals surface area contributed by atoms with Crippen molar-refractivity contribution in [1.82, 2.24) is 4.98 Å². The summed E-state index contributed by atoms with van der Waals surface area (Å²) >= 11 is 0. The van der Waals surface area contributed by atoms with Crippen molar-refractivity contribution in [1.29, 1.82) is 0 Å². The van der Waals surface area contributed by atoms with E-state index in [9.17, 15) is 23.7 Å². The summed E-state index contributed by atoms with van der Waals surface area (Å²) in [6.07, 6.45) is 1.41. The summed E-state index contributed by atoms with van der Waals surface area (Å²) in [6.45, 7) is 0. The number of nitro groups is 1. The molecule has 0 amide bonds. The highest BCUT2D eigenvalue weighted by Gasteiger charge is 2.22. The van der Waals surface area contributed by atoms with Gasteiger partial charge in [-0.05, 0) is 6.07 Å². The van der Waals surface area contributed by atoms with Crippen LogP contribution >= 0.6 is 0 Å². The third-order valence-electron chi connectivity index (χ3n) is 2.24. The van der Waals surface area contributed by atoms with Crippen LogP contribution in [0.2, 0.25) is 0 Å². The molecule has 0 aliphatic rings. The van der Waals surface area contributed by atoms with Crippen LogP contribution in [0.4, 0.5) is 14.5 Å². The molecule has 0 unspecified atom stereocenters. The fraction of sp³-hybridized carbons (Fsp3) is 0. The highest BCUT2D eigenvalue weighted by atomic mass is 19.2. The minimum absolute atomic E-state index is 0.185. The van der Waals surface area contributed by atoms with Gasteiger partial charge in [-0.15, -0.1) is 0 Å². The second kappa shape index (κ2) is 3.85. The van der Waals surface area contributed by atoms with Crippen LogP contribution in [0.3, 0.4) is 0 Å². The molecule has 0 bridgehead atoms. The molecular weight excluding hydrogens is 234 g/mol. The monoisotopic (exact) mass is 238 g/mol. The number of rotatable bonds is 2. The van der Waals surface area contributed by atoms with E-state index in [2.05, 4.69) is 4.98 Å². The highest BCUT2D eigenvalue weighted by molar-refractivity contribution is 6.00. The normalized spacial score (nSPS) is 10.5. The Morgan fingerprint density at radius 3 is 2.71 bits per heavy atom.